The third-order valence-electron chi connectivity index (χ3n) is 4.29. The van der Waals surface area contributed by atoms with Crippen molar-refractivity contribution in [2.45, 2.75) is 13.5 Å². The maximum atomic E-state index is 12.1. The highest BCUT2D eigenvalue weighted by Gasteiger charge is 2.06. The number of hydrogen-bond acceptors (Lipinski definition) is 4. The van der Waals surface area contributed by atoms with Crippen molar-refractivity contribution >= 4 is 22.8 Å². The summed E-state index contributed by atoms with van der Waals surface area (Å²) in [4.78, 5) is 12.1. The van der Waals surface area contributed by atoms with E-state index in [1.165, 1.54) is 6.08 Å². The molecule has 4 nitrogen and oxygen atoms in total. The van der Waals surface area contributed by atoms with Gasteiger partial charge < -0.3 is 14.2 Å². The van der Waals surface area contributed by atoms with Crippen LogP contribution in [-0.4, -0.2) is 20.2 Å². The van der Waals surface area contributed by atoms with Crippen LogP contribution in [0.4, 0.5) is 0 Å². The fourth-order valence-electron chi connectivity index (χ4n) is 2.85. The molecule has 0 aliphatic rings. The van der Waals surface area contributed by atoms with Crippen LogP contribution in [-0.2, 0) is 16.1 Å². The topological polar surface area (TPSA) is 44.8 Å². The molecule has 0 heterocycles. The van der Waals surface area contributed by atoms with Crippen molar-refractivity contribution in [2.24, 2.45) is 0 Å². The zero-order valence-corrected chi connectivity index (χ0v) is 15.7. The molecule has 0 aliphatic heterocycles. The molecule has 0 N–H and O–H groups in total. The van der Waals surface area contributed by atoms with Gasteiger partial charge in [0.25, 0.3) is 0 Å². The molecule has 0 amide bonds. The second-order valence-electron chi connectivity index (χ2n) is 6.23. The number of carbonyl (C=O) groups excluding carboxylic acids is 1. The Hall–Kier alpha value is -3.27. The molecule has 0 aromatic heterocycles. The fraction of sp³-hybridized carbons (Fsp3) is 0.174. The molecule has 0 unspecified atom stereocenters. The number of aryl methyl sites for hydroxylation is 1. The Morgan fingerprint density at radius 3 is 2.48 bits per heavy atom. The van der Waals surface area contributed by atoms with Crippen LogP contribution in [0, 0.1) is 6.92 Å². The van der Waals surface area contributed by atoms with Gasteiger partial charge in [-0.05, 0) is 59.7 Å². The van der Waals surface area contributed by atoms with Crippen molar-refractivity contribution in [2.75, 3.05) is 14.2 Å². The molecular weight excluding hydrogens is 340 g/mol. The number of benzene rings is 3. The Balaban J connectivity index is 1.66. The van der Waals surface area contributed by atoms with Crippen molar-refractivity contribution in [3.8, 4) is 11.5 Å². The van der Waals surface area contributed by atoms with E-state index in [9.17, 15) is 4.79 Å². The lowest BCUT2D eigenvalue weighted by molar-refractivity contribution is -0.138. The molecular formula is C23H22O4. The third kappa shape index (κ3) is 4.67. The van der Waals surface area contributed by atoms with Crippen LogP contribution in [0.2, 0.25) is 0 Å². The average molecular weight is 362 g/mol. The number of hydrogen-bond donors (Lipinski definition) is 0. The van der Waals surface area contributed by atoms with Crippen molar-refractivity contribution < 1.29 is 19.0 Å². The number of esters is 1. The van der Waals surface area contributed by atoms with Crippen LogP contribution in [0.5, 0.6) is 11.5 Å². The highest BCUT2D eigenvalue weighted by Crippen LogP contribution is 2.23. The zero-order chi connectivity index (χ0) is 19.2. The van der Waals surface area contributed by atoms with E-state index < -0.39 is 5.97 Å². The summed E-state index contributed by atoms with van der Waals surface area (Å²) in [6.07, 6.45) is 3.19. The molecule has 27 heavy (non-hydrogen) atoms. The number of methoxy groups -OCH3 is 2. The summed E-state index contributed by atoms with van der Waals surface area (Å²) in [6.45, 7) is 2.16. The molecule has 3 aromatic rings. The molecule has 0 fully saturated rings. The first-order valence-corrected chi connectivity index (χ1v) is 8.65. The minimum atomic E-state index is -0.395. The van der Waals surface area contributed by atoms with Crippen molar-refractivity contribution in [1.82, 2.24) is 0 Å². The van der Waals surface area contributed by atoms with Crippen LogP contribution >= 0.6 is 0 Å². The molecule has 0 radical (unpaired) electrons. The van der Waals surface area contributed by atoms with Crippen molar-refractivity contribution in [3.63, 3.8) is 0 Å². The second-order valence-corrected chi connectivity index (χ2v) is 6.23. The van der Waals surface area contributed by atoms with Crippen LogP contribution in [0.15, 0.2) is 60.7 Å². The predicted molar refractivity (Wildman–Crippen MR) is 107 cm³/mol. The molecule has 0 spiro atoms. The van der Waals surface area contributed by atoms with Crippen molar-refractivity contribution in [3.05, 3.63) is 77.4 Å². The summed E-state index contributed by atoms with van der Waals surface area (Å²) in [5, 5.41) is 2.16. The van der Waals surface area contributed by atoms with E-state index in [0.717, 1.165) is 33.2 Å². The minimum Gasteiger partial charge on any atom is -0.497 e. The minimum absolute atomic E-state index is 0.172. The summed E-state index contributed by atoms with van der Waals surface area (Å²) >= 11 is 0. The zero-order valence-electron chi connectivity index (χ0n) is 15.7. The molecule has 3 rings (SSSR count). The number of rotatable bonds is 6. The molecule has 0 aliphatic carbocycles. The van der Waals surface area contributed by atoms with Crippen LogP contribution in [0.1, 0.15) is 16.7 Å². The van der Waals surface area contributed by atoms with Crippen LogP contribution in [0.3, 0.4) is 0 Å². The van der Waals surface area contributed by atoms with E-state index >= 15 is 0 Å². The van der Waals surface area contributed by atoms with Gasteiger partial charge in [-0.3, -0.25) is 0 Å². The Bertz CT molecular complexity index is 989. The lowest BCUT2D eigenvalue weighted by Gasteiger charge is -2.09. The first-order valence-electron chi connectivity index (χ1n) is 8.65. The van der Waals surface area contributed by atoms with Gasteiger partial charge in [-0.1, -0.05) is 29.8 Å². The summed E-state index contributed by atoms with van der Waals surface area (Å²) < 4.78 is 15.9. The first kappa shape index (κ1) is 18.5. The number of ether oxygens (including phenoxy) is 3. The van der Waals surface area contributed by atoms with Gasteiger partial charge in [-0.25, -0.2) is 4.79 Å². The Labute approximate surface area is 159 Å². The highest BCUT2D eigenvalue weighted by atomic mass is 16.5. The van der Waals surface area contributed by atoms with Gasteiger partial charge in [0.2, 0.25) is 0 Å². The van der Waals surface area contributed by atoms with Crippen LogP contribution in [0.25, 0.3) is 16.8 Å². The van der Waals surface area contributed by atoms with Crippen LogP contribution < -0.4 is 9.47 Å². The van der Waals surface area contributed by atoms with E-state index in [4.69, 9.17) is 14.2 Å². The van der Waals surface area contributed by atoms with Gasteiger partial charge >= 0.3 is 5.97 Å². The second kappa shape index (κ2) is 8.41. The molecule has 0 saturated heterocycles. The lowest BCUT2D eigenvalue weighted by Crippen LogP contribution is -2.02. The maximum Gasteiger partial charge on any atom is 0.331 e. The molecule has 3 aromatic carbocycles. The highest BCUT2D eigenvalue weighted by molar-refractivity contribution is 5.90. The Kier molecular flexibility index (Phi) is 5.77. The summed E-state index contributed by atoms with van der Waals surface area (Å²) in [7, 11) is 3.25. The summed E-state index contributed by atoms with van der Waals surface area (Å²) in [6, 6.07) is 17.6. The summed E-state index contributed by atoms with van der Waals surface area (Å²) in [5.41, 5.74) is 2.86. The number of carbonyl (C=O) groups is 1. The Morgan fingerprint density at radius 1 is 0.926 bits per heavy atom. The molecule has 138 valence electrons. The Morgan fingerprint density at radius 2 is 1.70 bits per heavy atom. The quantitative estimate of drug-likeness (QED) is 0.461. The van der Waals surface area contributed by atoms with E-state index in [2.05, 4.69) is 0 Å². The molecule has 0 atom stereocenters. The maximum absolute atomic E-state index is 12.1. The largest absolute Gasteiger partial charge is 0.497 e. The predicted octanol–water partition coefficient (Wildman–Crippen LogP) is 4.92. The summed E-state index contributed by atoms with van der Waals surface area (Å²) in [5.74, 6) is 1.14. The van der Waals surface area contributed by atoms with Gasteiger partial charge in [0.1, 0.15) is 18.1 Å². The van der Waals surface area contributed by atoms with E-state index in [1.807, 2.05) is 61.5 Å². The van der Waals surface area contributed by atoms with Gasteiger partial charge in [0.15, 0.2) is 0 Å². The van der Waals surface area contributed by atoms with Gasteiger partial charge in [0, 0.05) is 11.6 Å². The van der Waals surface area contributed by atoms with E-state index in [1.54, 1.807) is 20.3 Å². The number of fused-ring (bicyclic) bond motifs is 1. The standard InChI is InChI=1S/C23H22O4/c1-16-4-10-22(26-3)20(12-16)15-27-23(24)11-6-17-5-7-19-14-21(25-2)9-8-18(19)13-17/h4-14H,15H2,1-3H3/b11-6+. The van der Waals surface area contributed by atoms with Gasteiger partial charge in [-0.15, -0.1) is 0 Å². The van der Waals surface area contributed by atoms with Crippen molar-refractivity contribution in [1.29, 1.82) is 0 Å². The normalized spacial score (nSPS) is 10.9. The molecule has 0 saturated carbocycles. The fourth-order valence-corrected chi connectivity index (χ4v) is 2.85. The van der Waals surface area contributed by atoms with Gasteiger partial charge in [0.05, 0.1) is 14.2 Å². The average Bonchev–Trinajstić information content (AvgIpc) is 2.70. The monoisotopic (exact) mass is 362 g/mol. The smallest absolute Gasteiger partial charge is 0.331 e. The lowest BCUT2D eigenvalue weighted by atomic mass is 10.1. The van der Waals surface area contributed by atoms with E-state index in [0.29, 0.717) is 5.75 Å². The molecule has 4 heteroatoms. The molecule has 0 bridgehead atoms. The third-order valence-corrected chi connectivity index (χ3v) is 4.29. The SMILES string of the molecule is COc1ccc2cc(/C=C/C(=O)OCc3cc(C)ccc3OC)ccc2c1. The first-order chi connectivity index (χ1) is 13.1. The van der Waals surface area contributed by atoms with Gasteiger partial charge in [-0.2, -0.15) is 0 Å². The van der Waals surface area contributed by atoms with E-state index in [-0.39, 0.29) is 6.61 Å².